The molecule has 2 aromatic rings. The van der Waals surface area contributed by atoms with E-state index in [0.717, 1.165) is 17.8 Å². The first kappa shape index (κ1) is 9.36. The quantitative estimate of drug-likeness (QED) is 0.803. The standard InChI is InChI=1S/C11H15N3S/c1-8-7-15-10-13-6-9(14(8)10)11(12)4-2-3-5-11/h6-7H,2-5,12H2,1H3. The first-order chi connectivity index (χ1) is 7.21. The third-order valence-electron chi connectivity index (χ3n) is 3.42. The van der Waals surface area contributed by atoms with E-state index in [9.17, 15) is 0 Å². The number of imidazole rings is 1. The molecule has 1 aliphatic carbocycles. The zero-order chi connectivity index (χ0) is 10.5. The molecule has 3 rings (SSSR count). The van der Waals surface area contributed by atoms with E-state index in [1.165, 1.54) is 24.2 Å². The van der Waals surface area contributed by atoms with Gasteiger partial charge in [-0.3, -0.25) is 4.40 Å². The van der Waals surface area contributed by atoms with Crippen molar-refractivity contribution in [3.8, 4) is 0 Å². The summed E-state index contributed by atoms with van der Waals surface area (Å²) < 4.78 is 2.22. The van der Waals surface area contributed by atoms with Gasteiger partial charge >= 0.3 is 0 Å². The summed E-state index contributed by atoms with van der Waals surface area (Å²) in [6.45, 7) is 2.12. The van der Waals surface area contributed by atoms with Crippen molar-refractivity contribution in [2.24, 2.45) is 5.73 Å². The molecule has 0 atom stereocenters. The van der Waals surface area contributed by atoms with Gasteiger partial charge in [0, 0.05) is 11.1 Å². The Morgan fingerprint density at radius 1 is 1.47 bits per heavy atom. The Bertz CT molecular complexity index is 491. The molecule has 0 unspecified atom stereocenters. The maximum absolute atomic E-state index is 6.46. The number of hydrogen-bond donors (Lipinski definition) is 1. The third-order valence-corrected chi connectivity index (χ3v) is 4.38. The second kappa shape index (κ2) is 3.06. The molecule has 2 aromatic heterocycles. The smallest absolute Gasteiger partial charge is 0.194 e. The molecule has 80 valence electrons. The fourth-order valence-corrected chi connectivity index (χ4v) is 3.41. The maximum atomic E-state index is 6.46. The van der Waals surface area contributed by atoms with Crippen LogP contribution in [0.15, 0.2) is 11.6 Å². The van der Waals surface area contributed by atoms with Crippen LogP contribution in [0.2, 0.25) is 0 Å². The lowest BCUT2D eigenvalue weighted by molar-refractivity contribution is 0.443. The second-order valence-corrected chi connectivity index (χ2v) is 5.34. The lowest BCUT2D eigenvalue weighted by atomic mass is 9.95. The number of aromatic nitrogens is 2. The molecule has 0 spiro atoms. The van der Waals surface area contributed by atoms with Crippen molar-refractivity contribution in [2.45, 2.75) is 38.1 Å². The Morgan fingerprint density at radius 3 is 2.93 bits per heavy atom. The van der Waals surface area contributed by atoms with E-state index < -0.39 is 0 Å². The van der Waals surface area contributed by atoms with E-state index in [-0.39, 0.29) is 5.54 Å². The van der Waals surface area contributed by atoms with Gasteiger partial charge in [0.25, 0.3) is 0 Å². The monoisotopic (exact) mass is 221 g/mol. The number of rotatable bonds is 1. The molecule has 0 bridgehead atoms. The fraction of sp³-hybridized carbons (Fsp3) is 0.545. The molecule has 1 aliphatic rings. The molecule has 3 nitrogen and oxygen atoms in total. The Labute approximate surface area is 92.9 Å². The van der Waals surface area contributed by atoms with Gasteiger partial charge in [-0.1, -0.05) is 12.8 Å². The van der Waals surface area contributed by atoms with Crippen LogP contribution in [-0.4, -0.2) is 9.38 Å². The summed E-state index contributed by atoms with van der Waals surface area (Å²) in [6.07, 6.45) is 6.64. The molecule has 0 aromatic carbocycles. The number of nitrogens with two attached hydrogens (primary N) is 1. The minimum Gasteiger partial charge on any atom is -0.320 e. The Hall–Kier alpha value is -0.870. The Balaban J connectivity index is 2.21. The SMILES string of the molecule is Cc1csc2ncc(C3(N)CCCC3)n12. The molecule has 0 amide bonds. The van der Waals surface area contributed by atoms with Crippen LogP contribution in [0.25, 0.3) is 4.96 Å². The van der Waals surface area contributed by atoms with Gasteiger partial charge < -0.3 is 5.73 Å². The summed E-state index contributed by atoms with van der Waals surface area (Å²) in [7, 11) is 0. The first-order valence-electron chi connectivity index (χ1n) is 5.42. The molecule has 15 heavy (non-hydrogen) atoms. The van der Waals surface area contributed by atoms with Crippen LogP contribution in [0.4, 0.5) is 0 Å². The number of nitrogens with zero attached hydrogens (tertiary/aromatic N) is 2. The summed E-state index contributed by atoms with van der Waals surface area (Å²) in [5.41, 5.74) is 8.78. The van der Waals surface area contributed by atoms with Crippen LogP contribution < -0.4 is 5.73 Å². The summed E-state index contributed by atoms with van der Waals surface area (Å²) in [6, 6.07) is 0. The molecular weight excluding hydrogens is 206 g/mol. The topological polar surface area (TPSA) is 43.3 Å². The minimum atomic E-state index is -0.134. The van der Waals surface area contributed by atoms with Crippen LogP contribution in [-0.2, 0) is 5.54 Å². The first-order valence-corrected chi connectivity index (χ1v) is 6.30. The summed E-state index contributed by atoms with van der Waals surface area (Å²) in [5.74, 6) is 0. The van der Waals surface area contributed by atoms with Crippen molar-refractivity contribution in [3.63, 3.8) is 0 Å². The van der Waals surface area contributed by atoms with Crippen LogP contribution in [0, 0.1) is 6.92 Å². The van der Waals surface area contributed by atoms with Crippen molar-refractivity contribution in [1.82, 2.24) is 9.38 Å². The molecule has 1 fully saturated rings. The average molecular weight is 221 g/mol. The fourth-order valence-electron chi connectivity index (χ4n) is 2.56. The average Bonchev–Trinajstić information content (AvgIpc) is 2.85. The molecule has 0 saturated heterocycles. The van der Waals surface area contributed by atoms with Crippen LogP contribution in [0.3, 0.4) is 0 Å². The third kappa shape index (κ3) is 1.25. The van der Waals surface area contributed by atoms with E-state index in [2.05, 4.69) is 21.7 Å². The zero-order valence-corrected chi connectivity index (χ0v) is 9.68. The van der Waals surface area contributed by atoms with Crippen LogP contribution >= 0.6 is 11.3 Å². The molecule has 0 radical (unpaired) electrons. The highest BCUT2D eigenvalue weighted by Crippen LogP contribution is 2.37. The summed E-state index contributed by atoms with van der Waals surface area (Å²) in [4.78, 5) is 5.50. The highest BCUT2D eigenvalue weighted by Gasteiger charge is 2.34. The van der Waals surface area contributed by atoms with Gasteiger partial charge in [0.2, 0.25) is 0 Å². The molecule has 1 saturated carbocycles. The zero-order valence-electron chi connectivity index (χ0n) is 8.86. The predicted molar refractivity (Wildman–Crippen MR) is 62.1 cm³/mol. The lowest BCUT2D eigenvalue weighted by Gasteiger charge is -2.22. The lowest BCUT2D eigenvalue weighted by Crippen LogP contribution is -2.34. The molecule has 4 heteroatoms. The molecular formula is C11H15N3S. The largest absolute Gasteiger partial charge is 0.320 e. The van der Waals surface area contributed by atoms with Gasteiger partial charge in [-0.25, -0.2) is 4.98 Å². The van der Waals surface area contributed by atoms with Gasteiger partial charge in [0.1, 0.15) is 0 Å². The normalized spacial score (nSPS) is 20.1. The van der Waals surface area contributed by atoms with E-state index in [0.29, 0.717) is 0 Å². The van der Waals surface area contributed by atoms with Crippen molar-refractivity contribution in [1.29, 1.82) is 0 Å². The summed E-state index contributed by atoms with van der Waals surface area (Å²) >= 11 is 1.69. The number of aryl methyl sites for hydroxylation is 1. The Morgan fingerprint density at radius 2 is 2.20 bits per heavy atom. The van der Waals surface area contributed by atoms with E-state index >= 15 is 0 Å². The van der Waals surface area contributed by atoms with Gasteiger partial charge in [-0.15, -0.1) is 11.3 Å². The van der Waals surface area contributed by atoms with Crippen molar-refractivity contribution >= 4 is 16.3 Å². The molecule has 2 heterocycles. The van der Waals surface area contributed by atoms with Gasteiger partial charge in [-0.05, 0) is 19.8 Å². The Kier molecular flexibility index (Phi) is 1.91. The number of thiazole rings is 1. The number of fused-ring (bicyclic) bond motifs is 1. The van der Waals surface area contributed by atoms with Gasteiger partial charge in [0.05, 0.1) is 17.4 Å². The summed E-state index contributed by atoms with van der Waals surface area (Å²) in [5, 5.41) is 2.14. The van der Waals surface area contributed by atoms with Crippen LogP contribution in [0.5, 0.6) is 0 Å². The maximum Gasteiger partial charge on any atom is 0.194 e. The van der Waals surface area contributed by atoms with Crippen molar-refractivity contribution < 1.29 is 0 Å². The number of hydrogen-bond acceptors (Lipinski definition) is 3. The van der Waals surface area contributed by atoms with Crippen molar-refractivity contribution in [3.05, 3.63) is 23.0 Å². The highest BCUT2D eigenvalue weighted by molar-refractivity contribution is 7.15. The van der Waals surface area contributed by atoms with Gasteiger partial charge in [0.15, 0.2) is 4.96 Å². The highest BCUT2D eigenvalue weighted by atomic mass is 32.1. The van der Waals surface area contributed by atoms with E-state index in [1.54, 1.807) is 11.3 Å². The van der Waals surface area contributed by atoms with Gasteiger partial charge in [-0.2, -0.15) is 0 Å². The second-order valence-electron chi connectivity index (χ2n) is 4.50. The molecule has 0 aliphatic heterocycles. The minimum absolute atomic E-state index is 0.134. The van der Waals surface area contributed by atoms with E-state index in [1.807, 2.05) is 6.20 Å². The van der Waals surface area contributed by atoms with Crippen molar-refractivity contribution in [2.75, 3.05) is 0 Å². The van der Waals surface area contributed by atoms with Crippen LogP contribution in [0.1, 0.15) is 37.1 Å². The predicted octanol–water partition coefficient (Wildman–Crippen LogP) is 2.43. The van der Waals surface area contributed by atoms with E-state index in [4.69, 9.17) is 5.73 Å². The molecule has 2 N–H and O–H groups in total.